The molecule has 0 atom stereocenters. The molecule has 0 aromatic carbocycles. The van der Waals surface area contributed by atoms with Gasteiger partial charge in [0.2, 0.25) is 0 Å². The highest BCUT2D eigenvalue weighted by atomic mass is 16.6. The number of hydrogen-bond acceptors (Lipinski definition) is 5. The summed E-state index contributed by atoms with van der Waals surface area (Å²) in [6, 6.07) is 0. The molecule has 0 saturated heterocycles. The van der Waals surface area contributed by atoms with Crippen LogP contribution in [0, 0.1) is 0 Å². The highest BCUT2D eigenvalue weighted by molar-refractivity contribution is 5.92. The van der Waals surface area contributed by atoms with E-state index in [-0.39, 0.29) is 0 Å². The van der Waals surface area contributed by atoms with Crippen LogP contribution in [0.15, 0.2) is 12.0 Å². The van der Waals surface area contributed by atoms with Crippen LogP contribution in [0.2, 0.25) is 0 Å². The Morgan fingerprint density at radius 3 is 3.06 bits per heavy atom. The molecule has 2 N–H and O–H groups in total. The van der Waals surface area contributed by atoms with Crippen molar-refractivity contribution in [1.29, 1.82) is 0 Å². The van der Waals surface area contributed by atoms with Crippen LogP contribution in [-0.4, -0.2) is 29.8 Å². The standard InChI is InChI=1S/C10H15N3O3/c1-4-15-10(14)8-6-12-13-9(8)5-7(2)16-11-3/h5-6,11H,4H2,1-3H3,(H,12,13). The third-order valence-corrected chi connectivity index (χ3v) is 1.77. The van der Waals surface area contributed by atoms with E-state index in [1.165, 1.54) is 6.20 Å². The van der Waals surface area contributed by atoms with E-state index in [9.17, 15) is 4.79 Å². The van der Waals surface area contributed by atoms with Crippen molar-refractivity contribution in [2.75, 3.05) is 13.7 Å². The van der Waals surface area contributed by atoms with Gasteiger partial charge in [0.15, 0.2) is 0 Å². The number of hydroxylamine groups is 1. The number of H-pyrrole nitrogens is 1. The number of nitrogens with one attached hydrogen (secondary N) is 2. The fraction of sp³-hybridized carbons (Fsp3) is 0.400. The largest absolute Gasteiger partial charge is 0.462 e. The molecule has 0 aliphatic heterocycles. The SMILES string of the molecule is CCOC(=O)c1c[nH]nc1C=C(C)ONC. The first-order valence-corrected chi connectivity index (χ1v) is 4.91. The second-order valence-corrected chi connectivity index (χ2v) is 2.97. The molecule has 0 spiro atoms. The highest BCUT2D eigenvalue weighted by Crippen LogP contribution is 2.11. The fourth-order valence-electron chi connectivity index (χ4n) is 1.17. The van der Waals surface area contributed by atoms with Crippen LogP contribution >= 0.6 is 0 Å². The van der Waals surface area contributed by atoms with E-state index in [4.69, 9.17) is 9.57 Å². The Morgan fingerprint density at radius 2 is 2.44 bits per heavy atom. The van der Waals surface area contributed by atoms with E-state index in [0.29, 0.717) is 23.6 Å². The van der Waals surface area contributed by atoms with Crippen molar-refractivity contribution < 1.29 is 14.4 Å². The molecule has 0 unspecified atom stereocenters. The Balaban J connectivity index is 2.86. The summed E-state index contributed by atoms with van der Waals surface area (Å²) in [5, 5.41) is 6.55. The molecule has 0 radical (unpaired) electrons. The average molecular weight is 225 g/mol. The molecule has 0 aliphatic carbocycles. The Bertz CT molecular complexity index is 384. The number of allylic oxidation sites excluding steroid dienone is 1. The molecule has 1 heterocycles. The van der Waals surface area contributed by atoms with Crippen molar-refractivity contribution in [2.45, 2.75) is 13.8 Å². The van der Waals surface area contributed by atoms with Gasteiger partial charge in [-0.25, -0.2) is 4.79 Å². The topological polar surface area (TPSA) is 76.2 Å². The lowest BCUT2D eigenvalue weighted by Gasteiger charge is -2.02. The Kier molecular flexibility index (Phi) is 4.53. The van der Waals surface area contributed by atoms with Crippen molar-refractivity contribution in [3.63, 3.8) is 0 Å². The van der Waals surface area contributed by atoms with Crippen LogP contribution in [0.25, 0.3) is 6.08 Å². The summed E-state index contributed by atoms with van der Waals surface area (Å²) in [5.41, 5.74) is 3.41. The second kappa shape index (κ2) is 5.92. The van der Waals surface area contributed by atoms with Gasteiger partial charge >= 0.3 is 5.97 Å². The number of ether oxygens (including phenoxy) is 1. The molecule has 0 aliphatic rings. The van der Waals surface area contributed by atoms with Gasteiger partial charge in [0.05, 0.1) is 6.61 Å². The number of aromatic amines is 1. The molecule has 0 saturated carbocycles. The predicted molar refractivity (Wildman–Crippen MR) is 58.3 cm³/mol. The Labute approximate surface area is 93.6 Å². The number of hydrogen-bond donors (Lipinski definition) is 2. The second-order valence-electron chi connectivity index (χ2n) is 2.97. The molecule has 88 valence electrons. The number of rotatable bonds is 5. The predicted octanol–water partition coefficient (Wildman–Crippen LogP) is 1.10. The van der Waals surface area contributed by atoms with Crippen molar-refractivity contribution >= 4 is 12.0 Å². The maximum Gasteiger partial charge on any atom is 0.341 e. The summed E-state index contributed by atoms with van der Waals surface area (Å²) in [6.07, 6.45) is 3.13. The van der Waals surface area contributed by atoms with Gasteiger partial charge in [-0.2, -0.15) is 10.6 Å². The van der Waals surface area contributed by atoms with Gasteiger partial charge in [-0.05, 0) is 13.8 Å². The molecule has 1 aromatic heterocycles. The van der Waals surface area contributed by atoms with Crippen LogP contribution < -0.4 is 5.48 Å². The van der Waals surface area contributed by atoms with Gasteiger partial charge in [0, 0.05) is 19.3 Å². The number of carbonyl (C=O) groups is 1. The van der Waals surface area contributed by atoms with Crippen LogP contribution in [0.3, 0.4) is 0 Å². The summed E-state index contributed by atoms with van der Waals surface area (Å²) in [6.45, 7) is 3.84. The summed E-state index contributed by atoms with van der Waals surface area (Å²) in [4.78, 5) is 16.5. The highest BCUT2D eigenvalue weighted by Gasteiger charge is 2.13. The maximum atomic E-state index is 11.5. The average Bonchev–Trinajstić information content (AvgIpc) is 2.66. The van der Waals surface area contributed by atoms with Gasteiger partial charge < -0.3 is 9.57 Å². The third-order valence-electron chi connectivity index (χ3n) is 1.77. The Hall–Kier alpha value is -1.82. The van der Waals surface area contributed by atoms with Gasteiger partial charge in [0.1, 0.15) is 17.0 Å². The van der Waals surface area contributed by atoms with Gasteiger partial charge in [-0.15, -0.1) is 0 Å². The molecule has 6 heteroatoms. The summed E-state index contributed by atoms with van der Waals surface area (Å²) >= 11 is 0. The fourth-order valence-corrected chi connectivity index (χ4v) is 1.17. The molecular formula is C10H15N3O3. The first-order chi connectivity index (χ1) is 7.69. The van der Waals surface area contributed by atoms with E-state index in [2.05, 4.69) is 15.7 Å². The number of carbonyl (C=O) groups excluding carboxylic acids is 1. The van der Waals surface area contributed by atoms with Crippen LogP contribution in [-0.2, 0) is 9.57 Å². The first-order valence-electron chi connectivity index (χ1n) is 4.91. The molecule has 1 rings (SSSR count). The molecule has 0 amide bonds. The number of nitrogens with zero attached hydrogens (tertiary/aromatic N) is 1. The van der Waals surface area contributed by atoms with Crippen molar-refractivity contribution in [2.24, 2.45) is 0 Å². The van der Waals surface area contributed by atoms with E-state index < -0.39 is 5.97 Å². The van der Waals surface area contributed by atoms with E-state index in [1.54, 1.807) is 27.0 Å². The smallest absolute Gasteiger partial charge is 0.341 e. The van der Waals surface area contributed by atoms with Crippen LogP contribution in [0.4, 0.5) is 0 Å². The number of aromatic nitrogens is 2. The Morgan fingerprint density at radius 1 is 1.69 bits per heavy atom. The minimum atomic E-state index is -0.403. The van der Waals surface area contributed by atoms with Gasteiger partial charge in [-0.3, -0.25) is 5.10 Å². The quantitative estimate of drug-likeness (QED) is 0.446. The molecule has 16 heavy (non-hydrogen) atoms. The summed E-state index contributed by atoms with van der Waals surface area (Å²) < 4.78 is 4.88. The van der Waals surface area contributed by atoms with Crippen molar-refractivity contribution in [1.82, 2.24) is 15.7 Å². The van der Waals surface area contributed by atoms with E-state index >= 15 is 0 Å². The number of esters is 1. The molecule has 6 nitrogen and oxygen atoms in total. The van der Waals surface area contributed by atoms with E-state index in [1.807, 2.05) is 0 Å². The third kappa shape index (κ3) is 3.09. The molecule has 0 fully saturated rings. The molecule has 1 aromatic rings. The zero-order valence-electron chi connectivity index (χ0n) is 9.53. The molecular weight excluding hydrogens is 210 g/mol. The maximum absolute atomic E-state index is 11.5. The van der Waals surface area contributed by atoms with Gasteiger partial charge in [-0.1, -0.05) is 0 Å². The minimum absolute atomic E-state index is 0.333. The zero-order chi connectivity index (χ0) is 12.0. The first kappa shape index (κ1) is 12.3. The minimum Gasteiger partial charge on any atom is -0.462 e. The lowest BCUT2D eigenvalue weighted by molar-refractivity contribution is 0.0526. The van der Waals surface area contributed by atoms with Crippen LogP contribution in [0.1, 0.15) is 29.9 Å². The lowest BCUT2D eigenvalue weighted by Crippen LogP contribution is -2.07. The summed E-state index contributed by atoms with van der Waals surface area (Å²) in [5.74, 6) is 0.194. The zero-order valence-corrected chi connectivity index (χ0v) is 9.53. The van der Waals surface area contributed by atoms with E-state index in [0.717, 1.165) is 0 Å². The van der Waals surface area contributed by atoms with Crippen LogP contribution in [0.5, 0.6) is 0 Å². The van der Waals surface area contributed by atoms with Crippen molar-refractivity contribution in [3.8, 4) is 0 Å². The summed E-state index contributed by atoms with van der Waals surface area (Å²) in [7, 11) is 1.65. The lowest BCUT2D eigenvalue weighted by atomic mass is 10.2. The molecule has 0 bridgehead atoms. The monoisotopic (exact) mass is 225 g/mol. The normalized spacial score (nSPS) is 11.3. The van der Waals surface area contributed by atoms with Crippen molar-refractivity contribution in [3.05, 3.63) is 23.2 Å². The van der Waals surface area contributed by atoms with Gasteiger partial charge in [0.25, 0.3) is 0 Å².